The number of Topliss-reactive ketones (excluding diaryl/α,β-unsaturated/α-hetero) is 1. The van der Waals surface area contributed by atoms with E-state index < -0.39 is 0 Å². The first-order chi connectivity index (χ1) is 6.70. The Labute approximate surface area is 105 Å². The van der Waals surface area contributed by atoms with Gasteiger partial charge in [0.05, 0.1) is 0 Å². The number of benzene rings is 1. The minimum Gasteiger partial charge on any atom is -0.294 e. The van der Waals surface area contributed by atoms with Crippen molar-refractivity contribution in [3.05, 3.63) is 33.8 Å². The van der Waals surface area contributed by atoms with Crippen LogP contribution in [0.2, 0.25) is 0 Å². The summed E-state index contributed by atoms with van der Waals surface area (Å²) in [4.78, 5) is 11.7. The number of hydrogen-bond donors (Lipinski definition) is 0. The number of alkyl halides is 2. The molecule has 0 saturated carbocycles. The van der Waals surface area contributed by atoms with Crippen LogP contribution in [0.15, 0.2) is 22.7 Å². The third kappa shape index (κ3) is 2.81. The first kappa shape index (κ1) is 12.2. The Morgan fingerprint density at radius 2 is 2.14 bits per heavy atom. The molecule has 0 heterocycles. The van der Waals surface area contributed by atoms with Crippen molar-refractivity contribution >= 4 is 49.2 Å². The topological polar surface area (TPSA) is 17.1 Å². The molecule has 1 aromatic rings. The van der Waals surface area contributed by atoms with Crippen molar-refractivity contribution in [2.75, 3.05) is 5.33 Å². The monoisotopic (exact) mass is 338 g/mol. The minimum absolute atomic E-state index is 0.124. The Morgan fingerprint density at radius 3 is 2.71 bits per heavy atom. The van der Waals surface area contributed by atoms with Crippen molar-refractivity contribution in [2.45, 2.75) is 12.3 Å². The molecular formula is C10H9Br2ClO. The van der Waals surface area contributed by atoms with Gasteiger partial charge in [-0.05, 0) is 11.6 Å². The van der Waals surface area contributed by atoms with Crippen LogP contribution in [0.25, 0.3) is 0 Å². The van der Waals surface area contributed by atoms with Crippen LogP contribution in [-0.4, -0.2) is 11.1 Å². The molecule has 0 aliphatic rings. The van der Waals surface area contributed by atoms with Gasteiger partial charge in [0.25, 0.3) is 0 Å². The second kappa shape index (κ2) is 5.89. The smallest absolute Gasteiger partial charge is 0.164 e. The molecule has 0 aliphatic carbocycles. The molecule has 0 fully saturated rings. The van der Waals surface area contributed by atoms with E-state index in [4.69, 9.17) is 11.6 Å². The molecule has 76 valence electrons. The molecule has 0 aliphatic heterocycles. The summed E-state index contributed by atoms with van der Waals surface area (Å²) in [6.45, 7) is 0. The fraction of sp³-hybridized carbons (Fsp3) is 0.300. The van der Waals surface area contributed by atoms with Crippen LogP contribution in [0, 0.1) is 0 Å². The molecule has 0 atom stereocenters. The van der Waals surface area contributed by atoms with Gasteiger partial charge in [0, 0.05) is 27.7 Å². The first-order valence-electron chi connectivity index (χ1n) is 4.13. The molecule has 0 spiro atoms. The molecule has 1 rings (SSSR count). The maximum Gasteiger partial charge on any atom is 0.164 e. The van der Waals surface area contributed by atoms with E-state index in [0.29, 0.717) is 23.2 Å². The van der Waals surface area contributed by atoms with Crippen LogP contribution < -0.4 is 0 Å². The molecule has 0 saturated heterocycles. The summed E-state index contributed by atoms with van der Waals surface area (Å²) in [6.07, 6.45) is 0.500. The molecule has 0 unspecified atom stereocenters. The fourth-order valence-corrected chi connectivity index (χ4v) is 2.49. The van der Waals surface area contributed by atoms with Crippen LogP contribution in [0.1, 0.15) is 22.3 Å². The standard InChI is InChI=1S/C10H9Br2ClO/c11-5-4-10(14)7-2-1-3-9(12)8(7)6-13/h1-3H,4-6H2. The van der Waals surface area contributed by atoms with Gasteiger partial charge in [0.15, 0.2) is 5.78 Å². The van der Waals surface area contributed by atoms with E-state index in [1.54, 1.807) is 0 Å². The summed E-state index contributed by atoms with van der Waals surface area (Å²) in [6, 6.07) is 5.55. The summed E-state index contributed by atoms with van der Waals surface area (Å²) < 4.78 is 0.896. The molecule has 1 nitrogen and oxygen atoms in total. The maximum atomic E-state index is 11.7. The Morgan fingerprint density at radius 1 is 1.43 bits per heavy atom. The van der Waals surface area contributed by atoms with Crippen molar-refractivity contribution in [1.82, 2.24) is 0 Å². The highest BCUT2D eigenvalue weighted by Gasteiger charge is 2.11. The minimum atomic E-state index is 0.124. The predicted molar refractivity (Wildman–Crippen MR) is 66.4 cm³/mol. The van der Waals surface area contributed by atoms with Crippen LogP contribution >= 0.6 is 43.5 Å². The highest BCUT2D eigenvalue weighted by atomic mass is 79.9. The molecule has 4 heteroatoms. The number of carbonyl (C=O) groups excluding carboxylic acids is 1. The molecule has 0 aromatic heterocycles. The van der Waals surface area contributed by atoms with Gasteiger partial charge >= 0.3 is 0 Å². The Balaban J connectivity index is 3.07. The van der Waals surface area contributed by atoms with Gasteiger partial charge in [-0.15, -0.1) is 11.6 Å². The zero-order valence-electron chi connectivity index (χ0n) is 7.40. The van der Waals surface area contributed by atoms with E-state index in [1.807, 2.05) is 18.2 Å². The summed E-state index contributed by atoms with van der Waals surface area (Å²) in [5.74, 6) is 0.476. The van der Waals surface area contributed by atoms with E-state index in [2.05, 4.69) is 31.9 Å². The Bertz CT molecular complexity index is 339. The van der Waals surface area contributed by atoms with Crippen molar-refractivity contribution in [3.63, 3.8) is 0 Å². The fourth-order valence-electron chi connectivity index (χ4n) is 1.18. The quantitative estimate of drug-likeness (QED) is 0.594. The molecule has 0 bridgehead atoms. The van der Waals surface area contributed by atoms with Gasteiger partial charge in [0.2, 0.25) is 0 Å². The highest BCUT2D eigenvalue weighted by Crippen LogP contribution is 2.23. The highest BCUT2D eigenvalue weighted by molar-refractivity contribution is 9.10. The number of hydrogen-bond acceptors (Lipinski definition) is 1. The second-order valence-electron chi connectivity index (χ2n) is 2.76. The SMILES string of the molecule is O=C(CCBr)c1cccc(Br)c1CCl. The molecule has 0 N–H and O–H groups in total. The molecule has 14 heavy (non-hydrogen) atoms. The van der Waals surface area contributed by atoms with E-state index in [9.17, 15) is 4.79 Å². The lowest BCUT2D eigenvalue weighted by atomic mass is 10.0. The lowest BCUT2D eigenvalue weighted by Gasteiger charge is -2.06. The lowest BCUT2D eigenvalue weighted by molar-refractivity contribution is 0.0989. The predicted octanol–water partition coefficient (Wildman–Crippen LogP) is 4.16. The van der Waals surface area contributed by atoms with Gasteiger partial charge < -0.3 is 0 Å². The number of halogens is 3. The second-order valence-corrected chi connectivity index (χ2v) is 4.68. The molecular weight excluding hydrogens is 331 g/mol. The summed E-state index contributed by atoms with van der Waals surface area (Å²) >= 11 is 12.4. The van der Waals surface area contributed by atoms with Gasteiger partial charge in [-0.1, -0.05) is 44.0 Å². The normalized spacial score (nSPS) is 10.2. The van der Waals surface area contributed by atoms with Gasteiger partial charge in [0.1, 0.15) is 0 Å². The maximum absolute atomic E-state index is 11.7. The average Bonchev–Trinajstić information content (AvgIpc) is 2.17. The Hall–Kier alpha value is 0.140. The van der Waals surface area contributed by atoms with Crippen LogP contribution in [0.3, 0.4) is 0 Å². The summed E-state index contributed by atoms with van der Waals surface area (Å²) in [5.41, 5.74) is 1.59. The van der Waals surface area contributed by atoms with Gasteiger partial charge in [-0.25, -0.2) is 0 Å². The zero-order chi connectivity index (χ0) is 10.6. The third-order valence-corrected chi connectivity index (χ3v) is 3.28. The van der Waals surface area contributed by atoms with Crippen LogP contribution in [-0.2, 0) is 5.88 Å². The van der Waals surface area contributed by atoms with E-state index in [1.165, 1.54) is 0 Å². The number of rotatable bonds is 4. The lowest BCUT2D eigenvalue weighted by Crippen LogP contribution is -2.03. The van der Waals surface area contributed by atoms with E-state index in [-0.39, 0.29) is 5.78 Å². The molecule has 1 aromatic carbocycles. The van der Waals surface area contributed by atoms with Crippen molar-refractivity contribution in [2.24, 2.45) is 0 Å². The number of carbonyl (C=O) groups is 1. The number of ketones is 1. The largest absolute Gasteiger partial charge is 0.294 e. The van der Waals surface area contributed by atoms with Crippen LogP contribution in [0.4, 0.5) is 0 Å². The van der Waals surface area contributed by atoms with Crippen LogP contribution in [0.5, 0.6) is 0 Å². The Kier molecular flexibility index (Phi) is 5.13. The summed E-state index contributed by atoms with van der Waals surface area (Å²) in [5, 5.41) is 0.681. The van der Waals surface area contributed by atoms with Gasteiger partial charge in [-0.2, -0.15) is 0 Å². The first-order valence-corrected chi connectivity index (χ1v) is 6.58. The third-order valence-electron chi connectivity index (χ3n) is 1.87. The molecule has 0 amide bonds. The van der Waals surface area contributed by atoms with E-state index >= 15 is 0 Å². The van der Waals surface area contributed by atoms with Crippen molar-refractivity contribution < 1.29 is 4.79 Å². The average molecular weight is 340 g/mol. The van der Waals surface area contributed by atoms with E-state index in [0.717, 1.165) is 10.0 Å². The molecule has 0 radical (unpaired) electrons. The summed E-state index contributed by atoms with van der Waals surface area (Å²) in [7, 11) is 0. The zero-order valence-corrected chi connectivity index (χ0v) is 11.3. The van der Waals surface area contributed by atoms with Crippen molar-refractivity contribution in [1.29, 1.82) is 0 Å². The van der Waals surface area contributed by atoms with Gasteiger partial charge in [-0.3, -0.25) is 4.79 Å². The van der Waals surface area contributed by atoms with Crippen molar-refractivity contribution in [3.8, 4) is 0 Å².